The summed E-state index contributed by atoms with van der Waals surface area (Å²) in [6, 6.07) is 3.85. The van der Waals surface area contributed by atoms with Gasteiger partial charge in [-0.2, -0.15) is 0 Å². The van der Waals surface area contributed by atoms with E-state index in [1.54, 1.807) is 24.8 Å². The number of fused-ring (bicyclic) bond motifs is 1. The molecule has 4 atom stereocenters. The summed E-state index contributed by atoms with van der Waals surface area (Å²) in [7, 11) is 0. The number of aromatic nitrogens is 3. The summed E-state index contributed by atoms with van der Waals surface area (Å²) >= 11 is 5.92. The minimum atomic E-state index is -0.369. The number of aliphatic hydroxyl groups is 1. The Morgan fingerprint density at radius 3 is 2.62 bits per heavy atom. The molecule has 1 aliphatic carbocycles. The average molecular weight is 346 g/mol. The fourth-order valence-electron chi connectivity index (χ4n) is 3.89. The van der Waals surface area contributed by atoms with E-state index >= 15 is 0 Å². The van der Waals surface area contributed by atoms with Gasteiger partial charge in [0.1, 0.15) is 11.6 Å². The maximum Gasteiger partial charge on any atom is 0.144 e. The summed E-state index contributed by atoms with van der Waals surface area (Å²) in [5, 5.41) is 14.5. The maximum atomic E-state index is 10.5. The van der Waals surface area contributed by atoms with Crippen molar-refractivity contribution in [3.63, 3.8) is 0 Å². The minimum Gasteiger partial charge on any atom is -0.391 e. The summed E-state index contributed by atoms with van der Waals surface area (Å²) in [6.45, 7) is 1.90. The van der Waals surface area contributed by atoms with Gasteiger partial charge in [-0.15, -0.1) is 0 Å². The first-order chi connectivity index (χ1) is 11.7. The van der Waals surface area contributed by atoms with E-state index in [0.717, 1.165) is 31.7 Å². The van der Waals surface area contributed by atoms with Crippen molar-refractivity contribution in [1.82, 2.24) is 15.0 Å². The Hall–Kier alpha value is -1.92. The van der Waals surface area contributed by atoms with Crippen LogP contribution in [0.25, 0.3) is 0 Å². The predicted molar refractivity (Wildman–Crippen MR) is 93.1 cm³/mol. The van der Waals surface area contributed by atoms with E-state index in [0.29, 0.717) is 22.7 Å². The van der Waals surface area contributed by atoms with Gasteiger partial charge in [-0.25, -0.2) is 9.97 Å². The summed E-state index contributed by atoms with van der Waals surface area (Å²) in [4.78, 5) is 15.0. The minimum absolute atomic E-state index is 0.0149. The van der Waals surface area contributed by atoms with E-state index < -0.39 is 0 Å². The van der Waals surface area contributed by atoms with Crippen LogP contribution in [0.15, 0.2) is 36.9 Å². The Kier molecular flexibility index (Phi) is 4.24. The van der Waals surface area contributed by atoms with Gasteiger partial charge in [0.2, 0.25) is 0 Å². The molecule has 1 saturated heterocycles. The molecule has 7 heteroatoms. The fourth-order valence-corrected chi connectivity index (χ4v) is 4.00. The van der Waals surface area contributed by atoms with E-state index in [1.807, 2.05) is 12.1 Å². The zero-order valence-electron chi connectivity index (χ0n) is 13.2. The lowest BCUT2D eigenvalue weighted by atomic mass is 9.77. The van der Waals surface area contributed by atoms with Crippen molar-refractivity contribution in [3.8, 4) is 0 Å². The summed E-state index contributed by atoms with van der Waals surface area (Å²) in [5.74, 6) is 2.72. The van der Waals surface area contributed by atoms with Crippen LogP contribution >= 0.6 is 11.6 Å². The van der Waals surface area contributed by atoms with Crippen molar-refractivity contribution in [2.75, 3.05) is 23.3 Å². The maximum absolute atomic E-state index is 10.5. The van der Waals surface area contributed by atoms with Crippen LogP contribution in [0.3, 0.4) is 0 Å². The molecule has 2 fully saturated rings. The highest BCUT2D eigenvalue weighted by Crippen LogP contribution is 2.38. The molecule has 1 saturated carbocycles. The summed E-state index contributed by atoms with van der Waals surface area (Å²) < 4.78 is 0. The zero-order valence-corrected chi connectivity index (χ0v) is 14.0. The molecule has 2 aromatic heterocycles. The molecule has 1 aliphatic heterocycles. The van der Waals surface area contributed by atoms with Gasteiger partial charge in [-0.05, 0) is 36.8 Å². The molecule has 0 bridgehead atoms. The lowest BCUT2D eigenvalue weighted by Gasteiger charge is -2.35. The highest BCUT2D eigenvalue weighted by Gasteiger charge is 2.42. The first-order valence-electron chi connectivity index (χ1n) is 8.26. The SMILES string of the molecule is O[C@@H]1C[C@H]2CN(c3ccc(Cl)cn3)C[C@H]2C[C@H]1Nc1cnccn1. The lowest BCUT2D eigenvalue weighted by Crippen LogP contribution is -2.43. The second-order valence-corrected chi connectivity index (χ2v) is 7.08. The van der Waals surface area contributed by atoms with Crippen LogP contribution in [0.5, 0.6) is 0 Å². The number of hydrogen-bond donors (Lipinski definition) is 2. The molecule has 3 heterocycles. The number of rotatable bonds is 3. The Balaban J connectivity index is 1.44. The van der Waals surface area contributed by atoms with E-state index in [1.165, 1.54) is 0 Å². The van der Waals surface area contributed by atoms with Gasteiger partial charge in [-0.1, -0.05) is 11.6 Å². The molecular formula is C17H20ClN5O. The highest BCUT2D eigenvalue weighted by atomic mass is 35.5. The molecule has 126 valence electrons. The zero-order chi connectivity index (χ0) is 16.5. The smallest absolute Gasteiger partial charge is 0.144 e. The number of nitrogens with zero attached hydrogens (tertiary/aromatic N) is 4. The van der Waals surface area contributed by atoms with Crippen LogP contribution in [0.1, 0.15) is 12.8 Å². The standard InChI is InChI=1S/C17H20ClN5O/c18-13-1-2-17(21-7-13)23-9-11-5-14(15(24)6-12(11)10-23)22-16-8-19-3-4-20-16/h1-4,7-8,11-12,14-15,24H,5-6,9-10H2,(H,20,22)/t11-,12+,14-,15-/m1/s1. The molecule has 6 nitrogen and oxygen atoms in total. The molecular weight excluding hydrogens is 326 g/mol. The predicted octanol–water partition coefficient (Wildman–Crippen LogP) is 2.21. The van der Waals surface area contributed by atoms with Crippen LogP contribution in [0.4, 0.5) is 11.6 Å². The number of anilines is 2. The van der Waals surface area contributed by atoms with E-state index in [-0.39, 0.29) is 12.1 Å². The first kappa shape index (κ1) is 15.6. The van der Waals surface area contributed by atoms with E-state index in [9.17, 15) is 5.11 Å². The molecule has 0 unspecified atom stereocenters. The van der Waals surface area contributed by atoms with Crippen molar-refractivity contribution in [3.05, 3.63) is 41.9 Å². The summed E-state index contributed by atoms with van der Waals surface area (Å²) in [5.41, 5.74) is 0. The van der Waals surface area contributed by atoms with Crippen molar-refractivity contribution >= 4 is 23.2 Å². The van der Waals surface area contributed by atoms with Gasteiger partial charge in [0.25, 0.3) is 0 Å². The Morgan fingerprint density at radius 2 is 1.92 bits per heavy atom. The van der Waals surface area contributed by atoms with Gasteiger partial charge < -0.3 is 15.3 Å². The van der Waals surface area contributed by atoms with Crippen LogP contribution in [0.2, 0.25) is 5.02 Å². The molecule has 0 amide bonds. The van der Waals surface area contributed by atoms with Gasteiger partial charge in [0.15, 0.2) is 0 Å². The average Bonchev–Trinajstić information content (AvgIpc) is 2.99. The number of pyridine rings is 1. The molecule has 0 aromatic carbocycles. The quantitative estimate of drug-likeness (QED) is 0.888. The molecule has 24 heavy (non-hydrogen) atoms. The second-order valence-electron chi connectivity index (χ2n) is 6.64. The third-order valence-corrected chi connectivity index (χ3v) is 5.30. The van der Waals surface area contributed by atoms with Crippen molar-refractivity contribution in [2.24, 2.45) is 11.8 Å². The Bertz CT molecular complexity index is 683. The normalized spacial score (nSPS) is 29.3. The molecule has 2 N–H and O–H groups in total. The highest BCUT2D eigenvalue weighted by molar-refractivity contribution is 6.30. The fraction of sp³-hybridized carbons (Fsp3) is 0.471. The Morgan fingerprint density at radius 1 is 1.08 bits per heavy atom. The second kappa shape index (κ2) is 6.53. The first-order valence-corrected chi connectivity index (χ1v) is 8.64. The third-order valence-electron chi connectivity index (χ3n) is 5.07. The van der Waals surface area contributed by atoms with Gasteiger partial charge >= 0.3 is 0 Å². The monoisotopic (exact) mass is 345 g/mol. The van der Waals surface area contributed by atoms with E-state index in [2.05, 4.69) is 25.2 Å². The number of halogens is 1. The van der Waals surface area contributed by atoms with Gasteiger partial charge in [0, 0.05) is 31.7 Å². The van der Waals surface area contributed by atoms with Crippen LogP contribution in [-0.2, 0) is 0 Å². The molecule has 2 aliphatic rings. The summed E-state index contributed by atoms with van der Waals surface area (Å²) in [6.07, 6.45) is 8.03. The van der Waals surface area contributed by atoms with Crippen molar-refractivity contribution in [1.29, 1.82) is 0 Å². The van der Waals surface area contributed by atoms with Gasteiger partial charge in [0.05, 0.1) is 23.4 Å². The van der Waals surface area contributed by atoms with E-state index in [4.69, 9.17) is 11.6 Å². The van der Waals surface area contributed by atoms with Crippen LogP contribution in [-0.4, -0.2) is 45.3 Å². The number of aliphatic hydroxyl groups excluding tert-OH is 1. The van der Waals surface area contributed by atoms with Crippen LogP contribution < -0.4 is 10.2 Å². The number of nitrogens with one attached hydrogen (secondary N) is 1. The lowest BCUT2D eigenvalue weighted by molar-refractivity contribution is 0.0737. The van der Waals surface area contributed by atoms with Gasteiger partial charge in [-0.3, -0.25) is 4.98 Å². The largest absolute Gasteiger partial charge is 0.391 e. The molecule has 4 rings (SSSR count). The topological polar surface area (TPSA) is 74.2 Å². The third kappa shape index (κ3) is 3.16. The van der Waals surface area contributed by atoms with Crippen molar-refractivity contribution in [2.45, 2.75) is 25.0 Å². The number of hydrogen-bond acceptors (Lipinski definition) is 6. The van der Waals surface area contributed by atoms with Crippen LogP contribution in [0, 0.1) is 11.8 Å². The molecule has 0 radical (unpaired) electrons. The Labute approximate surface area is 145 Å². The van der Waals surface area contributed by atoms with Crippen molar-refractivity contribution < 1.29 is 5.11 Å². The molecule has 0 spiro atoms. The molecule has 2 aromatic rings.